The molecule has 0 aliphatic carbocycles. The van der Waals surface area contributed by atoms with Gasteiger partial charge in [-0.05, 0) is 59.5 Å². The highest BCUT2D eigenvalue weighted by Gasteiger charge is 2.33. The predicted octanol–water partition coefficient (Wildman–Crippen LogP) is 7.65. The maximum atomic E-state index is 6.37. The number of hydrogen-bond donors (Lipinski definition) is 1. The summed E-state index contributed by atoms with van der Waals surface area (Å²) in [5.74, 6) is 1.57. The molecule has 0 saturated carbocycles. The van der Waals surface area contributed by atoms with Crippen LogP contribution in [0.3, 0.4) is 0 Å². The fraction of sp³-hybridized carbons (Fsp3) is 0.192. The summed E-state index contributed by atoms with van der Waals surface area (Å²) in [5, 5.41) is 2.71. The van der Waals surface area contributed by atoms with Gasteiger partial charge in [-0.1, -0.05) is 77.5 Å². The second-order valence-corrected chi connectivity index (χ2v) is 10.4. The van der Waals surface area contributed by atoms with Crippen molar-refractivity contribution in [2.24, 2.45) is 0 Å². The molecule has 0 fully saturated rings. The summed E-state index contributed by atoms with van der Waals surface area (Å²) in [4.78, 5) is 5.98. The number of hydrogen-bond acceptors (Lipinski definition) is 3. The lowest BCUT2D eigenvalue weighted by atomic mass is 9.93. The number of H-pyrrole nitrogens is 1. The van der Waals surface area contributed by atoms with Gasteiger partial charge in [-0.15, -0.1) is 0 Å². The van der Waals surface area contributed by atoms with Crippen LogP contribution in [0.2, 0.25) is 10.0 Å². The third-order valence-electron chi connectivity index (χ3n) is 6.06. The van der Waals surface area contributed by atoms with Crippen molar-refractivity contribution in [3.05, 3.63) is 99.2 Å². The first-order valence-electron chi connectivity index (χ1n) is 10.7. The molecular weight excluding hydrogens is 491 g/mol. The Kier molecular flexibility index (Phi) is 6.57. The lowest BCUT2D eigenvalue weighted by Gasteiger charge is -2.37. The lowest BCUT2D eigenvalue weighted by molar-refractivity contribution is 0.345. The summed E-state index contributed by atoms with van der Waals surface area (Å²) < 4.78 is 6.24. The van der Waals surface area contributed by atoms with E-state index in [9.17, 15) is 0 Å². The normalized spacial score (nSPS) is 15.5. The number of nitrogens with one attached hydrogen (secondary N) is 1. The van der Waals surface area contributed by atoms with E-state index < -0.39 is 0 Å². The van der Waals surface area contributed by atoms with Crippen LogP contribution in [0.1, 0.15) is 28.4 Å². The topological polar surface area (TPSA) is 28.3 Å². The Morgan fingerprint density at radius 3 is 2.67 bits per heavy atom. The number of methoxy groups -OCH3 is 1. The number of thiocarbonyl (C=S) groups is 1. The molecule has 3 aromatic carbocycles. The second-order valence-electron chi connectivity index (χ2n) is 7.97. The summed E-state index contributed by atoms with van der Waals surface area (Å²) in [6.45, 7) is 0.831. The molecule has 1 aromatic heterocycles. The highest BCUT2D eigenvalue weighted by molar-refractivity contribution is 8.22. The van der Waals surface area contributed by atoms with Gasteiger partial charge in [0, 0.05) is 38.9 Å². The SMILES string of the molecule is COc1ccc(C2c3[nH]c4ccc(Cl)cc4c3CCN2C(=S)SCc2ccccc2Cl)cc1. The van der Waals surface area contributed by atoms with Gasteiger partial charge in [0.2, 0.25) is 0 Å². The number of aromatic amines is 1. The number of aromatic nitrogens is 1. The number of ether oxygens (including phenoxy) is 1. The van der Waals surface area contributed by atoms with Crippen molar-refractivity contribution in [2.75, 3.05) is 13.7 Å². The molecule has 4 aromatic rings. The van der Waals surface area contributed by atoms with Gasteiger partial charge in [0.25, 0.3) is 0 Å². The molecule has 1 unspecified atom stereocenters. The molecule has 1 atom stereocenters. The van der Waals surface area contributed by atoms with E-state index in [1.54, 1.807) is 18.9 Å². The molecule has 1 aliphatic heterocycles. The van der Waals surface area contributed by atoms with E-state index in [0.717, 1.165) is 55.5 Å². The molecule has 2 heterocycles. The average Bonchev–Trinajstić information content (AvgIpc) is 3.20. The standard InChI is InChI=1S/C26H22Cl2N2OS2/c1-31-19-9-6-16(7-10-19)25-24-20(21-14-18(27)8-11-23(21)29-24)12-13-30(25)26(32)33-15-17-4-2-3-5-22(17)28/h2-11,14,25,29H,12-13,15H2,1H3. The van der Waals surface area contributed by atoms with Gasteiger partial charge < -0.3 is 14.6 Å². The summed E-state index contributed by atoms with van der Waals surface area (Å²) >= 11 is 20.3. The van der Waals surface area contributed by atoms with Crippen LogP contribution in [-0.2, 0) is 12.2 Å². The van der Waals surface area contributed by atoms with Gasteiger partial charge in [0.15, 0.2) is 0 Å². The molecule has 3 nitrogen and oxygen atoms in total. The largest absolute Gasteiger partial charge is 0.497 e. The van der Waals surface area contributed by atoms with Crippen LogP contribution < -0.4 is 4.74 Å². The van der Waals surface area contributed by atoms with Gasteiger partial charge >= 0.3 is 0 Å². The Hall–Kier alpha value is -2.18. The number of fused-ring (bicyclic) bond motifs is 3. The van der Waals surface area contributed by atoms with Crippen LogP contribution in [-0.4, -0.2) is 27.9 Å². The smallest absolute Gasteiger partial charge is 0.137 e. The number of rotatable bonds is 4. The number of nitrogens with zero attached hydrogens (tertiary/aromatic N) is 1. The quantitative estimate of drug-likeness (QED) is 0.284. The minimum absolute atomic E-state index is 0.0166. The Balaban J connectivity index is 1.52. The second kappa shape index (κ2) is 9.59. The van der Waals surface area contributed by atoms with Gasteiger partial charge in [0.05, 0.1) is 13.2 Å². The zero-order valence-corrected chi connectivity index (χ0v) is 21.1. The molecule has 0 saturated heterocycles. The minimum atomic E-state index is -0.0166. The van der Waals surface area contributed by atoms with Crippen molar-refractivity contribution in [3.63, 3.8) is 0 Å². The zero-order valence-electron chi connectivity index (χ0n) is 18.0. The molecule has 1 aliphatic rings. The summed E-state index contributed by atoms with van der Waals surface area (Å²) in [7, 11) is 1.68. The van der Waals surface area contributed by atoms with Crippen molar-refractivity contribution in [1.82, 2.24) is 9.88 Å². The van der Waals surface area contributed by atoms with Crippen LogP contribution in [0, 0.1) is 0 Å². The molecular formula is C26H22Cl2N2OS2. The van der Waals surface area contributed by atoms with Gasteiger partial charge in [0.1, 0.15) is 10.1 Å². The highest BCUT2D eigenvalue weighted by atomic mass is 35.5. The molecule has 0 amide bonds. The van der Waals surface area contributed by atoms with Crippen LogP contribution in [0.15, 0.2) is 66.7 Å². The average molecular weight is 514 g/mol. The fourth-order valence-electron chi connectivity index (χ4n) is 4.43. The maximum Gasteiger partial charge on any atom is 0.137 e. The van der Waals surface area contributed by atoms with E-state index in [1.165, 1.54) is 16.6 Å². The molecule has 0 radical (unpaired) electrons. The molecule has 5 rings (SSSR count). The van der Waals surface area contributed by atoms with E-state index in [0.29, 0.717) is 0 Å². The van der Waals surface area contributed by atoms with Crippen LogP contribution in [0.4, 0.5) is 0 Å². The van der Waals surface area contributed by atoms with Crippen molar-refractivity contribution < 1.29 is 4.74 Å². The Morgan fingerprint density at radius 1 is 1.12 bits per heavy atom. The monoisotopic (exact) mass is 512 g/mol. The van der Waals surface area contributed by atoms with E-state index in [2.05, 4.69) is 40.2 Å². The molecule has 1 N–H and O–H groups in total. The van der Waals surface area contributed by atoms with Crippen molar-refractivity contribution >= 4 is 62.4 Å². The Bertz CT molecular complexity index is 1320. The molecule has 168 valence electrons. The van der Waals surface area contributed by atoms with Crippen LogP contribution in [0.25, 0.3) is 10.9 Å². The van der Waals surface area contributed by atoms with Gasteiger partial charge in [-0.2, -0.15) is 0 Å². The van der Waals surface area contributed by atoms with Crippen LogP contribution >= 0.6 is 47.2 Å². The van der Waals surface area contributed by atoms with Crippen molar-refractivity contribution in [3.8, 4) is 5.75 Å². The molecule has 33 heavy (non-hydrogen) atoms. The predicted molar refractivity (Wildman–Crippen MR) is 144 cm³/mol. The third kappa shape index (κ3) is 4.47. The van der Waals surface area contributed by atoms with Crippen LogP contribution in [0.5, 0.6) is 5.75 Å². The van der Waals surface area contributed by atoms with Gasteiger partial charge in [-0.3, -0.25) is 0 Å². The van der Waals surface area contributed by atoms with E-state index >= 15 is 0 Å². The zero-order chi connectivity index (χ0) is 22.9. The fourth-order valence-corrected chi connectivity index (χ4v) is 6.15. The summed E-state index contributed by atoms with van der Waals surface area (Å²) in [6, 6.07) is 22.2. The van der Waals surface area contributed by atoms with E-state index in [4.69, 9.17) is 40.2 Å². The first-order chi connectivity index (χ1) is 16.0. The molecule has 0 bridgehead atoms. The first-order valence-corrected chi connectivity index (χ1v) is 12.8. The first kappa shape index (κ1) is 22.6. The van der Waals surface area contributed by atoms with E-state index in [-0.39, 0.29) is 6.04 Å². The van der Waals surface area contributed by atoms with Crippen molar-refractivity contribution in [1.29, 1.82) is 0 Å². The highest BCUT2D eigenvalue weighted by Crippen LogP contribution is 2.41. The Morgan fingerprint density at radius 2 is 1.91 bits per heavy atom. The maximum absolute atomic E-state index is 6.37. The summed E-state index contributed by atoms with van der Waals surface area (Å²) in [6.07, 6.45) is 0.898. The summed E-state index contributed by atoms with van der Waals surface area (Å²) in [5.41, 5.74) is 5.83. The Labute approximate surface area is 213 Å². The van der Waals surface area contributed by atoms with E-state index in [1.807, 2.05) is 36.4 Å². The van der Waals surface area contributed by atoms with Gasteiger partial charge in [-0.25, -0.2) is 0 Å². The number of benzene rings is 3. The van der Waals surface area contributed by atoms with Crippen molar-refractivity contribution in [2.45, 2.75) is 18.2 Å². The molecule has 7 heteroatoms. The minimum Gasteiger partial charge on any atom is -0.497 e. The molecule has 0 spiro atoms. The lowest BCUT2D eigenvalue weighted by Crippen LogP contribution is -2.38. The number of thioether (sulfide) groups is 1. The number of halogens is 2. The third-order valence-corrected chi connectivity index (χ3v) is 8.19.